The average Bonchev–Trinajstić information content (AvgIpc) is 3.14. The number of halogens is 1. The van der Waals surface area contributed by atoms with Crippen molar-refractivity contribution in [2.24, 2.45) is 5.10 Å². The van der Waals surface area contributed by atoms with Crippen molar-refractivity contribution in [3.8, 4) is 11.3 Å². The molecule has 0 bridgehead atoms. The van der Waals surface area contributed by atoms with Crippen molar-refractivity contribution in [3.05, 3.63) is 69.8 Å². The summed E-state index contributed by atoms with van der Waals surface area (Å²) in [6.07, 6.45) is 1.46. The Balaban J connectivity index is 1.69. The molecule has 0 unspecified atom stereocenters. The van der Waals surface area contributed by atoms with Crippen molar-refractivity contribution in [2.45, 2.75) is 13.8 Å². The summed E-state index contributed by atoms with van der Waals surface area (Å²) in [5.74, 6) is 2.19. The molecular weight excluding hydrogens is 372 g/mol. The number of aryl methyl sites for hydroxylation is 2. The van der Waals surface area contributed by atoms with E-state index in [0.29, 0.717) is 22.8 Å². The lowest BCUT2D eigenvalue weighted by molar-refractivity contribution is 0.0953. The van der Waals surface area contributed by atoms with E-state index in [1.807, 2.05) is 30.3 Å². The van der Waals surface area contributed by atoms with Crippen LogP contribution in [0.2, 0.25) is 0 Å². The lowest BCUT2D eigenvalue weighted by Gasteiger charge is -1.99. The second-order valence-corrected chi connectivity index (χ2v) is 6.06. The van der Waals surface area contributed by atoms with E-state index in [4.69, 9.17) is 8.83 Å². The van der Waals surface area contributed by atoms with Gasteiger partial charge in [-0.15, -0.1) is 0 Å². The maximum Gasteiger partial charge on any atom is 0.274 e. The Morgan fingerprint density at radius 2 is 1.96 bits per heavy atom. The van der Waals surface area contributed by atoms with E-state index in [2.05, 4.69) is 26.5 Å². The molecule has 5 nitrogen and oxygen atoms in total. The van der Waals surface area contributed by atoms with Gasteiger partial charge < -0.3 is 8.83 Å². The van der Waals surface area contributed by atoms with Gasteiger partial charge in [-0.3, -0.25) is 4.79 Å². The van der Waals surface area contributed by atoms with Gasteiger partial charge in [0.05, 0.1) is 11.8 Å². The molecule has 1 N–H and O–H groups in total. The Morgan fingerprint density at radius 3 is 2.67 bits per heavy atom. The second-order valence-electron chi connectivity index (χ2n) is 5.21. The number of benzene rings is 1. The van der Waals surface area contributed by atoms with Gasteiger partial charge in [0.25, 0.3) is 5.91 Å². The number of hydrazone groups is 1. The normalized spacial score (nSPS) is 11.1. The predicted octanol–water partition coefficient (Wildman–Crippen LogP) is 4.68. The number of hydrogen-bond acceptors (Lipinski definition) is 4. The third-order valence-corrected chi connectivity index (χ3v) is 4.10. The third kappa shape index (κ3) is 3.49. The topological polar surface area (TPSA) is 67.7 Å². The maximum absolute atomic E-state index is 12.0. The summed E-state index contributed by atoms with van der Waals surface area (Å²) in [5, 5.41) is 3.93. The Morgan fingerprint density at radius 1 is 1.17 bits per heavy atom. The Hall–Kier alpha value is -2.60. The van der Waals surface area contributed by atoms with E-state index in [1.54, 1.807) is 26.0 Å². The number of furan rings is 2. The first kappa shape index (κ1) is 16.3. The maximum atomic E-state index is 12.0. The van der Waals surface area contributed by atoms with E-state index in [9.17, 15) is 4.79 Å². The van der Waals surface area contributed by atoms with Crippen LogP contribution in [0.1, 0.15) is 27.6 Å². The number of nitrogens with one attached hydrogen (secondary N) is 1. The number of amides is 1. The van der Waals surface area contributed by atoms with Crippen LogP contribution < -0.4 is 5.43 Å². The van der Waals surface area contributed by atoms with E-state index >= 15 is 0 Å². The van der Waals surface area contributed by atoms with Crippen LogP contribution in [-0.4, -0.2) is 12.1 Å². The standard InChI is InChI=1S/C18H15BrN2O3/c1-11-9-15(12(2)23-11)18(22)21-20-10-13-7-8-17(24-13)14-5-3-4-6-16(14)19/h3-10H,1-2H3,(H,21,22)/b20-10-. The highest BCUT2D eigenvalue weighted by atomic mass is 79.9. The van der Waals surface area contributed by atoms with Crippen LogP contribution in [0.4, 0.5) is 0 Å². The molecule has 0 aliphatic carbocycles. The van der Waals surface area contributed by atoms with Gasteiger partial charge in [0.1, 0.15) is 23.0 Å². The summed E-state index contributed by atoms with van der Waals surface area (Å²) in [6.45, 7) is 3.53. The van der Waals surface area contributed by atoms with Gasteiger partial charge in [0, 0.05) is 10.0 Å². The molecule has 24 heavy (non-hydrogen) atoms. The van der Waals surface area contributed by atoms with Crippen LogP contribution >= 0.6 is 15.9 Å². The Kier molecular flexibility index (Phi) is 4.66. The van der Waals surface area contributed by atoms with Crippen molar-refractivity contribution in [3.63, 3.8) is 0 Å². The highest BCUT2D eigenvalue weighted by molar-refractivity contribution is 9.10. The van der Waals surface area contributed by atoms with Crippen LogP contribution in [0.3, 0.4) is 0 Å². The van der Waals surface area contributed by atoms with Gasteiger partial charge in [-0.25, -0.2) is 5.43 Å². The summed E-state index contributed by atoms with van der Waals surface area (Å²) in [6, 6.07) is 13.1. The zero-order valence-electron chi connectivity index (χ0n) is 13.2. The van der Waals surface area contributed by atoms with Crippen LogP contribution in [0, 0.1) is 13.8 Å². The SMILES string of the molecule is Cc1cc(C(=O)N/N=C\c2ccc(-c3ccccc3Br)o2)c(C)o1. The summed E-state index contributed by atoms with van der Waals surface area (Å²) in [7, 11) is 0. The van der Waals surface area contributed by atoms with E-state index in [1.165, 1.54) is 6.21 Å². The second kappa shape index (κ2) is 6.88. The van der Waals surface area contributed by atoms with Crippen LogP contribution in [0.15, 0.2) is 60.9 Å². The molecule has 0 saturated heterocycles. The number of carbonyl (C=O) groups excluding carboxylic acids is 1. The van der Waals surface area contributed by atoms with Gasteiger partial charge in [0.15, 0.2) is 0 Å². The van der Waals surface area contributed by atoms with E-state index in [-0.39, 0.29) is 5.91 Å². The molecule has 0 atom stereocenters. The minimum Gasteiger partial charge on any atom is -0.466 e. The molecule has 3 aromatic rings. The zero-order valence-corrected chi connectivity index (χ0v) is 14.8. The largest absolute Gasteiger partial charge is 0.466 e. The quantitative estimate of drug-likeness (QED) is 0.522. The molecular formula is C18H15BrN2O3. The molecule has 0 aliphatic rings. The third-order valence-electron chi connectivity index (χ3n) is 3.41. The summed E-state index contributed by atoms with van der Waals surface area (Å²) >= 11 is 3.49. The van der Waals surface area contributed by atoms with Crippen LogP contribution in [0.25, 0.3) is 11.3 Å². The fourth-order valence-corrected chi connectivity index (χ4v) is 2.78. The number of hydrogen-bond donors (Lipinski definition) is 1. The first-order valence-electron chi connectivity index (χ1n) is 7.30. The predicted molar refractivity (Wildman–Crippen MR) is 95.1 cm³/mol. The van der Waals surface area contributed by atoms with Crippen LogP contribution in [0.5, 0.6) is 0 Å². The van der Waals surface area contributed by atoms with Crippen molar-refractivity contribution in [2.75, 3.05) is 0 Å². The highest BCUT2D eigenvalue weighted by Crippen LogP contribution is 2.28. The monoisotopic (exact) mass is 386 g/mol. The molecule has 2 aromatic heterocycles. The molecule has 6 heteroatoms. The van der Waals surface area contributed by atoms with Crippen molar-refractivity contribution < 1.29 is 13.6 Å². The minimum absolute atomic E-state index is 0.321. The summed E-state index contributed by atoms with van der Waals surface area (Å²) < 4.78 is 12.0. The van der Waals surface area contributed by atoms with Crippen molar-refractivity contribution >= 4 is 28.1 Å². The van der Waals surface area contributed by atoms with Crippen molar-refractivity contribution in [1.82, 2.24) is 5.43 Å². The molecule has 122 valence electrons. The fraction of sp³-hybridized carbons (Fsp3) is 0.111. The van der Waals surface area contributed by atoms with Crippen molar-refractivity contribution in [1.29, 1.82) is 0 Å². The molecule has 0 aliphatic heterocycles. The molecule has 3 rings (SSSR count). The Labute approximate surface area is 147 Å². The molecule has 0 fully saturated rings. The van der Waals surface area contributed by atoms with Gasteiger partial charge in [-0.1, -0.05) is 34.1 Å². The Bertz CT molecular complexity index is 909. The number of rotatable bonds is 4. The number of carbonyl (C=O) groups is 1. The first-order chi connectivity index (χ1) is 11.5. The zero-order chi connectivity index (χ0) is 17.1. The molecule has 0 radical (unpaired) electrons. The molecule has 1 aromatic carbocycles. The number of nitrogens with zero attached hydrogens (tertiary/aromatic N) is 1. The smallest absolute Gasteiger partial charge is 0.274 e. The van der Waals surface area contributed by atoms with Gasteiger partial charge >= 0.3 is 0 Å². The van der Waals surface area contributed by atoms with Gasteiger partial charge in [-0.2, -0.15) is 5.10 Å². The summed E-state index contributed by atoms with van der Waals surface area (Å²) in [4.78, 5) is 12.0. The molecule has 0 spiro atoms. The van der Waals surface area contributed by atoms with E-state index < -0.39 is 0 Å². The minimum atomic E-state index is -0.321. The average molecular weight is 387 g/mol. The highest BCUT2D eigenvalue weighted by Gasteiger charge is 2.12. The summed E-state index contributed by atoms with van der Waals surface area (Å²) in [5.41, 5.74) is 3.88. The van der Waals surface area contributed by atoms with E-state index in [0.717, 1.165) is 15.8 Å². The fourth-order valence-electron chi connectivity index (χ4n) is 2.30. The van der Waals surface area contributed by atoms with Gasteiger partial charge in [-0.05, 0) is 38.1 Å². The molecule has 2 heterocycles. The molecule has 1 amide bonds. The lowest BCUT2D eigenvalue weighted by atomic mass is 10.2. The van der Waals surface area contributed by atoms with Crippen LogP contribution in [-0.2, 0) is 0 Å². The van der Waals surface area contributed by atoms with Gasteiger partial charge in [0.2, 0.25) is 0 Å². The lowest BCUT2D eigenvalue weighted by Crippen LogP contribution is -2.17. The first-order valence-corrected chi connectivity index (χ1v) is 8.09. The molecule has 0 saturated carbocycles.